The maximum absolute atomic E-state index is 12.4. The van der Waals surface area contributed by atoms with Crippen molar-refractivity contribution in [3.63, 3.8) is 0 Å². The second kappa shape index (κ2) is 8.25. The Labute approximate surface area is 145 Å². The van der Waals surface area contributed by atoms with Crippen molar-refractivity contribution in [2.75, 3.05) is 18.8 Å². The molecular formula is C16H21N5O2S. The molecule has 0 radical (unpaired) electrons. The van der Waals surface area contributed by atoms with Gasteiger partial charge < -0.3 is 14.2 Å². The Morgan fingerprint density at radius 3 is 3.17 bits per heavy atom. The van der Waals surface area contributed by atoms with Gasteiger partial charge in [-0.15, -0.1) is 10.2 Å². The normalized spacial score (nSPS) is 17.9. The first-order chi connectivity index (χ1) is 11.7. The Balaban J connectivity index is 1.46. The van der Waals surface area contributed by atoms with Crippen molar-refractivity contribution in [3.8, 4) is 0 Å². The minimum atomic E-state index is 0.0859. The van der Waals surface area contributed by atoms with Crippen LogP contribution in [0.4, 0.5) is 0 Å². The maximum Gasteiger partial charge on any atom is 0.233 e. The zero-order valence-electron chi connectivity index (χ0n) is 13.7. The Morgan fingerprint density at radius 1 is 1.50 bits per heavy atom. The molecule has 2 aromatic heterocycles. The molecule has 1 aliphatic heterocycles. The van der Waals surface area contributed by atoms with Gasteiger partial charge in [0, 0.05) is 32.5 Å². The van der Waals surface area contributed by atoms with Crippen LogP contribution >= 0.6 is 11.8 Å². The van der Waals surface area contributed by atoms with E-state index < -0.39 is 0 Å². The number of ether oxygens (including phenoxy) is 1. The first kappa shape index (κ1) is 16.9. The van der Waals surface area contributed by atoms with E-state index in [1.54, 1.807) is 12.5 Å². The van der Waals surface area contributed by atoms with Crippen LogP contribution < -0.4 is 0 Å². The van der Waals surface area contributed by atoms with Crippen molar-refractivity contribution in [2.24, 2.45) is 7.05 Å². The van der Waals surface area contributed by atoms with Crippen LogP contribution in [-0.4, -0.2) is 55.5 Å². The number of carbonyl (C=O) groups is 1. The van der Waals surface area contributed by atoms with Crippen LogP contribution in [-0.2, 0) is 23.2 Å². The molecule has 3 rings (SSSR count). The zero-order chi connectivity index (χ0) is 16.8. The van der Waals surface area contributed by atoms with Crippen molar-refractivity contribution in [2.45, 2.75) is 30.7 Å². The molecule has 1 fully saturated rings. The second-order valence-corrected chi connectivity index (χ2v) is 6.73. The van der Waals surface area contributed by atoms with Gasteiger partial charge in [-0.2, -0.15) is 0 Å². The van der Waals surface area contributed by atoms with Crippen LogP contribution in [0.3, 0.4) is 0 Å². The summed E-state index contributed by atoms with van der Waals surface area (Å²) >= 11 is 1.42. The molecule has 0 N–H and O–H groups in total. The van der Waals surface area contributed by atoms with Crippen molar-refractivity contribution < 1.29 is 9.53 Å². The lowest BCUT2D eigenvalue weighted by molar-refractivity contribution is -0.132. The highest BCUT2D eigenvalue weighted by molar-refractivity contribution is 7.99. The number of rotatable bonds is 6. The molecule has 0 aliphatic carbocycles. The van der Waals surface area contributed by atoms with E-state index in [-0.39, 0.29) is 12.0 Å². The summed E-state index contributed by atoms with van der Waals surface area (Å²) in [6, 6.07) is 3.90. The predicted molar refractivity (Wildman–Crippen MR) is 90.4 cm³/mol. The van der Waals surface area contributed by atoms with Gasteiger partial charge in [0.2, 0.25) is 5.91 Å². The van der Waals surface area contributed by atoms with E-state index in [1.165, 1.54) is 11.8 Å². The molecule has 1 atom stereocenters. The summed E-state index contributed by atoms with van der Waals surface area (Å²) in [5, 5.41) is 8.56. The van der Waals surface area contributed by atoms with Gasteiger partial charge in [-0.1, -0.05) is 17.8 Å². The Bertz CT molecular complexity index is 663. The van der Waals surface area contributed by atoms with Crippen LogP contribution in [0.25, 0.3) is 0 Å². The largest absolute Gasteiger partial charge is 0.372 e. The van der Waals surface area contributed by atoms with Crippen LogP contribution in [0.2, 0.25) is 0 Å². The number of piperidine rings is 1. The fraction of sp³-hybridized carbons (Fsp3) is 0.500. The number of nitrogens with zero attached hydrogens (tertiary/aromatic N) is 5. The molecule has 0 bridgehead atoms. The van der Waals surface area contributed by atoms with E-state index in [2.05, 4.69) is 15.2 Å². The second-order valence-electron chi connectivity index (χ2n) is 5.79. The monoisotopic (exact) mass is 347 g/mol. The van der Waals surface area contributed by atoms with Gasteiger partial charge in [-0.3, -0.25) is 9.78 Å². The van der Waals surface area contributed by atoms with Crippen molar-refractivity contribution in [1.29, 1.82) is 0 Å². The maximum atomic E-state index is 12.4. The van der Waals surface area contributed by atoms with Gasteiger partial charge in [0.1, 0.15) is 6.33 Å². The predicted octanol–water partition coefficient (Wildman–Crippen LogP) is 1.51. The lowest BCUT2D eigenvalue weighted by Crippen LogP contribution is -2.44. The number of thioether (sulfide) groups is 1. The smallest absolute Gasteiger partial charge is 0.233 e. The average molecular weight is 347 g/mol. The number of likely N-dealkylation sites (tertiary alicyclic amines) is 1. The highest BCUT2D eigenvalue weighted by Crippen LogP contribution is 2.18. The first-order valence-corrected chi connectivity index (χ1v) is 8.96. The third-order valence-corrected chi connectivity index (χ3v) is 4.95. The van der Waals surface area contributed by atoms with Crippen molar-refractivity contribution in [1.82, 2.24) is 24.6 Å². The number of amides is 1. The summed E-state index contributed by atoms with van der Waals surface area (Å²) in [7, 11) is 1.87. The SMILES string of the molecule is Cn1cnnc1SCC(=O)N1CCCC(OCc2cccnc2)C1. The third-order valence-electron chi connectivity index (χ3n) is 3.93. The molecule has 8 heteroatoms. The topological polar surface area (TPSA) is 73.1 Å². The summed E-state index contributed by atoms with van der Waals surface area (Å²) in [4.78, 5) is 18.4. The average Bonchev–Trinajstić information content (AvgIpc) is 3.04. The van der Waals surface area contributed by atoms with Gasteiger partial charge in [0.05, 0.1) is 18.5 Å². The Kier molecular flexibility index (Phi) is 5.81. The molecule has 7 nitrogen and oxygen atoms in total. The van der Waals surface area contributed by atoms with E-state index in [1.807, 2.05) is 34.8 Å². The quantitative estimate of drug-likeness (QED) is 0.738. The summed E-state index contributed by atoms with van der Waals surface area (Å²) in [6.45, 7) is 1.98. The molecule has 24 heavy (non-hydrogen) atoms. The molecule has 1 saturated heterocycles. The number of hydrogen-bond donors (Lipinski definition) is 0. The molecule has 0 aromatic carbocycles. The number of hydrogen-bond acceptors (Lipinski definition) is 6. The minimum Gasteiger partial charge on any atom is -0.372 e. The van der Waals surface area contributed by atoms with E-state index in [0.717, 1.165) is 30.1 Å². The third kappa shape index (κ3) is 4.55. The first-order valence-electron chi connectivity index (χ1n) is 7.97. The van der Waals surface area contributed by atoms with E-state index in [9.17, 15) is 4.79 Å². The minimum absolute atomic E-state index is 0.0859. The number of aryl methyl sites for hydroxylation is 1. The number of aromatic nitrogens is 4. The van der Waals surface area contributed by atoms with Crippen molar-refractivity contribution in [3.05, 3.63) is 36.4 Å². The highest BCUT2D eigenvalue weighted by atomic mass is 32.2. The lowest BCUT2D eigenvalue weighted by Gasteiger charge is -2.32. The molecule has 2 aromatic rings. The molecule has 1 amide bonds. The summed E-state index contributed by atoms with van der Waals surface area (Å²) in [6.07, 6.45) is 7.24. The molecule has 0 spiro atoms. The van der Waals surface area contributed by atoms with Gasteiger partial charge in [0.15, 0.2) is 5.16 Å². The molecule has 1 aliphatic rings. The van der Waals surface area contributed by atoms with E-state index in [4.69, 9.17) is 4.74 Å². The van der Waals surface area contributed by atoms with Crippen LogP contribution in [0.5, 0.6) is 0 Å². The summed E-state index contributed by atoms with van der Waals surface area (Å²) < 4.78 is 7.77. The van der Waals surface area contributed by atoms with Crippen LogP contribution in [0.1, 0.15) is 18.4 Å². The molecule has 0 saturated carbocycles. The van der Waals surface area contributed by atoms with Crippen LogP contribution in [0.15, 0.2) is 36.0 Å². The summed E-state index contributed by atoms with van der Waals surface area (Å²) in [5.74, 6) is 0.500. The number of carbonyl (C=O) groups excluding carboxylic acids is 1. The highest BCUT2D eigenvalue weighted by Gasteiger charge is 2.24. The van der Waals surface area contributed by atoms with Gasteiger partial charge in [-0.25, -0.2) is 0 Å². The summed E-state index contributed by atoms with van der Waals surface area (Å²) in [5.41, 5.74) is 1.05. The van der Waals surface area contributed by atoms with Gasteiger partial charge in [-0.05, 0) is 24.5 Å². The van der Waals surface area contributed by atoms with Crippen molar-refractivity contribution >= 4 is 17.7 Å². The molecule has 128 valence electrons. The standard InChI is InChI=1S/C16H21N5O2S/c1-20-12-18-19-16(20)24-11-15(22)21-7-3-5-14(9-21)23-10-13-4-2-6-17-8-13/h2,4,6,8,12,14H,3,5,7,9-11H2,1H3. The fourth-order valence-electron chi connectivity index (χ4n) is 2.62. The van der Waals surface area contributed by atoms with Gasteiger partial charge >= 0.3 is 0 Å². The zero-order valence-corrected chi connectivity index (χ0v) is 14.5. The van der Waals surface area contributed by atoms with Crippen LogP contribution in [0, 0.1) is 0 Å². The Hall–Kier alpha value is -1.93. The number of pyridine rings is 1. The molecule has 3 heterocycles. The molecular weight excluding hydrogens is 326 g/mol. The fourth-order valence-corrected chi connectivity index (χ4v) is 3.41. The van der Waals surface area contributed by atoms with Gasteiger partial charge in [0.25, 0.3) is 0 Å². The van der Waals surface area contributed by atoms with E-state index in [0.29, 0.717) is 18.9 Å². The van der Waals surface area contributed by atoms with E-state index >= 15 is 0 Å². The molecule has 1 unspecified atom stereocenters. The lowest BCUT2D eigenvalue weighted by atomic mass is 10.1. The Morgan fingerprint density at radius 2 is 2.42 bits per heavy atom.